The first-order valence-corrected chi connectivity index (χ1v) is 18.0. The highest BCUT2D eigenvalue weighted by molar-refractivity contribution is 7.91. The maximum atomic E-state index is 13.6. The molecule has 0 spiro atoms. The predicted octanol–water partition coefficient (Wildman–Crippen LogP) is 6.19. The number of carboxylic acids is 1. The van der Waals surface area contributed by atoms with Gasteiger partial charge in [0.1, 0.15) is 21.2 Å². The number of H-pyrrole nitrogens is 1. The fourth-order valence-corrected chi connectivity index (χ4v) is 8.01. The quantitative estimate of drug-likeness (QED) is 0.198. The summed E-state index contributed by atoms with van der Waals surface area (Å²) in [6, 6.07) is 22.3. The third-order valence-electron chi connectivity index (χ3n) is 9.70. The van der Waals surface area contributed by atoms with Gasteiger partial charge in [0.2, 0.25) is 0 Å². The van der Waals surface area contributed by atoms with Crippen molar-refractivity contribution in [1.29, 1.82) is 0 Å². The van der Waals surface area contributed by atoms with Crippen molar-refractivity contribution in [2.45, 2.75) is 31.2 Å². The van der Waals surface area contributed by atoms with E-state index in [-0.39, 0.29) is 23.4 Å². The number of amides is 2. The van der Waals surface area contributed by atoms with E-state index in [1.165, 1.54) is 18.4 Å². The van der Waals surface area contributed by atoms with Gasteiger partial charge in [0.15, 0.2) is 0 Å². The van der Waals surface area contributed by atoms with Gasteiger partial charge in [0.05, 0.1) is 42.0 Å². The zero-order chi connectivity index (χ0) is 34.4. The summed E-state index contributed by atoms with van der Waals surface area (Å²) in [6.45, 7) is 2.50. The van der Waals surface area contributed by atoms with Gasteiger partial charge in [0, 0.05) is 42.0 Å². The van der Waals surface area contributed by atoms with Crippen LogP contribution in [-0.2, 0) is 22.9 Å². The molecule has 2 aliphatic rings. The first-order valence-electron chi connectivity index (χ1n) is 16.1. The number of carboxylic acid groups (broad SMARTS) is 1. The number of urea groups is 1. The van der Waals surface area contributed by atoms with E-state index in [1.807, 2.05) is 24.3 Å². The molecule has 0 radical (unpaired) electrons. The summed E-state index contributed by atoms with van der Waals surface area (Å²) < 4.78 is 29.5. The normalized spacial score (nSPS) is 15.9. The highest BCUT2D eigenvalue weighted by atomic mass is 32.2. The van der Waals surface area contributed by atoms with Crippen LogP contribution in [0.25, 0.3) is 33.4 Å². The number of aromatic nitrogens is 2. The predicted molar refractivity (Wildman–Crippen MR) is 190 cm³/mol. The zero-order valence-electron chi connectivity index (χ0n) is 27.5. The van der Waals surface area contributed by atoms with Crippen molar-refractivity contribution in [2.75, 3.05) is 43.3 Å². The highest BCUT2D eigenvalue weighted by Crippen LogP contribution is 2.44. The maximum Gasteiger partial charge on any atom is 0.335 e. The zero-order valence-corrected chi connectivity index (χ0v) is 28.3. The number of rotatable bonds is 8. The van der Waals surface area contributed by atoms with E-state index in [0.717, 1.165) is 64.3 Å². The van der Waals surface area contributed by atoms with Gasteiger partial charge in [-0.25, -0.2) is 23.0 Å². The number of sulfone groups is 1. The summed E-state index contributed by atoms with van der Waals surface area (Å²) in [6.07, 6.45) is 4.35. The fraction of sp³-hybridized carbons (Fsp3) is 0.270. The molecule has 2 aliphatic heterocycles. The number of pyridine rings is 1. The number of carbonyl (C=O) groups is 2. The Morgan fingerprint density at radius 2 is 1.63 bits per heavy atom. The Hall–Kier alpha value is -5.20. The van der Waals surface area contributed by atoms with Crippen LogP contribution < -0.4 is 14.5 Å². The lowest BCUT2D eigenvalue weighted by Gasteiger charge is -2.35. The lowest BCUT2D eigenvalue weighted by atomic mass is 9.94. The highest BCUT2D eigenvalue weighted by Gasteiger charge is 2.33. The van der Waals surface area contributed by atoms with Gasteiger partial charge in [-0.2, -0.15) is 0 Å². The van der Waals surface area contributed by atoms with Gasteiger partial charge in [-0.1, -0.05) is 36.4 Å². The smallest absolute Gasteiger partial charge is 0.335 e. The number of methoxy groups -OCH3 is 1. The summed E-state index contributed by atoms with van der Waals surface area (Å²) in [5, 5.41) is 10.0. The van der Waals surface area contributed by atoms with E-state index in [1.54, 1.807) is 42.3 Å². The van der Waals surface area contributed by atoms with Gasteiger partial charge < -0.3 is 14.8 Å². The first-order chi connectivity index (χ1) is 23.5. The molecule has 0 atom stereocenters. The largest absolute Gasteiger partial charge is 0.497 e. The molecule has 252 valence electrons. The molecule has 5 aromatic rings. The fourth-order valence-electron chi connectivity index (χ4n) is 6.95. The Morgan fingerprint density at radius 1 is 0.980 bits per heavy atom. The number of aromatic amines is 1. The summed E-state index contributed by atoms with van der Waals surface area (Å²) in [5.41, 5.74) is 7.93. The van der Waals surface area contributed by atoms with Gasteiger partial charge in [-0.05, 0) is 79.0 Å². The molecule has 49 heavy (non-hydrogen) atoms. The van der Waals surface area contributed by atoms with Crippen LogP contribution in [-0.4, -0.2) is 79.1 Å². The van der Waals surface area contributed by atoms with Crippen LogP contribution in [0.15, 0.2) is 79.0 Å². The van der Waals surface area contributed by atoms with E-state index in [9.17, 15) is 23.1 Å². The number of nitrogens with zero attached hydrogens (tertiary/aromatic N) is 4. The van der Waals surface area contributed by atoms with E-state index in [4.69, 9.17) is 9.72 Å². The minimum absolute atomic E-state index is 0.146. The van der Waals surface area contributed by atoms with Crippen molar-refractivity contribution >= 4 is 44.2 Å². The van der Waals surface area contributed by atoms with Crippen molar-refractivity contribution in [3.63, 3.8) is 0 Å². The maximum absolute atomic E-state index is 13.6. The van der Waals surface area contributed by atoms with E-state index in [2.05, 4.69) is 34.1 Å². The second kappa shape index (κ2) is 12.7. The number of likely N-dealkylation sites (tertiary alicyclic amines) is 1. The Morgan fingerprint density at radius 3 is 2.24 bits per heavy atom. The molecule has 1 saturated heterocycles. The first kappa shape index (κ1) is 32.4. The molecule has 1 fully saturated rings. The molecular formula is C37H37N5O6S. The molecule has 12 heteroatoms. The van der Waals surface area contributed by atoms with Crippen molar-refractivity contribution in [1.82, 2.24) is 14.9 Å². The minimum atomic E-state index is -3.02. The lowest BCUT2D eigenvalue weighted by molar-refractivity contribution is 0.0697. The molecule has 3 aromatic carbocycles. The van der Waals surface area contributed by atoms with Gasteiger partial charge in [-0.3, -0.25) is 14.7 Å². The average molecular weight is 680 g/mol. The molecule has 7 rings (SSSR count). The van der Waals surface area contributed by atoms with Gasteiger partial charge in [-0.15, -0.1) is 0 Å². The van der Waals surface area contributed by atoms with Crippen LogP contribution >= 0.6 is 0 Å². The van der Waals surface area contributed by atoms with Crippen LogP contribution in [0.4, 0.5) is 16.2 Å². The molecule has 0 saturated carbocycles. The standard InChI is InChI=1S/C37H37N5O6S/c1-40-31-20-38-35-33(30(31)22-42(37(40)45)27-12-8-26(9-13-27)36(43)44)32(24-10-14-28(48-2)15-11-24)34(39-35)25-6-4-23(5-7-25)21-41-18-16-29(17-19-41)49(3,46)47/h4-15,20,29H,16-19,21-22H2,1-3H3,(H,38,39)(H,43,44). The Labute approximate surface area is 284 Å². The van der Waals surface area contributed by atoms with Crippen molar-refractivity contribution < 1.29 is 27.9 Å². The second-order valence-electron chi connectivity index (χ2n) is 12.7. The number of aromatic carboxylic acids is 1. The van der Waals surface area contributed by atoms with Crippen LogP contribution in [0.2, 0.25) is 0 Å². The monoisotopic (exact) mass is 679 g/mol. The Balaban J connectivity index is 1.28. The molecule has 11 nitrogen and oxygen atoms in total. The van der Waals surface area contributed by atoms with Crippen molar-refractivity contribution in [2.24, 2.45) is 0 Å². The van der Waals surface area contributed by atoms with Gasteiger partial charge >= 0.3 is 12.0 Å². The van der Waals surface area contributed by atoms with Crippen LogP contribution in [0, 0.1) is 0 Å². The summed E-state index contributed by atoms with van der Waals surface area (Å²) in [4.78, 5) is 38.9. The number of benzene rings is 3. The van der Waals surface area contributed by atoms with E-state index < -0.39 is 15.8 Å². The molecule has 4 heterocycles. The average Bonchev–Trinajstić information content (AvgIpc) is 3.50. The molecule has 0 bridgehead atoms. The van der Waals surface area contributed by atoms with Crippen LogP contribution in [0.1, 0.15) is 34.3 Å². The molecule has 2 amide bonds. The number of hydrogen-bond acceptors (Lipinski definition) is 7. The van der Waals surface area contributed by atoms with E-state index >= 15 is 0 Å². The topological polar surface area (TPSA) is 136 Å². The number of fused-ring (bicyclic) bond motifs is 3. The SMILES string of the molecule is COc1ccc(-c2c(-c3ccc(CN4CCC(S(C)(=O)=O)CC4)cc3)[nH]c3ncc4c(c23)CN(c2ccc(C(=O)O)cc2)C(=O)N4C)cc1. The lowest BCUT2D eigenvalue weighted by Crippen LogP contribution is -2.45. The summed E-state index contributed by atoms with van der Waals surface area (Å²) in [7, 11) is 0.331. The number of hydrogen-bond donors (Lipinski definition) is 2. The summed E-state index contributed by atoms with van der Waals surface area (Å²) in [5.74, 6) is -0.297. The third kappa shape index (κ3) is 6.13. The molecule has 2 N–H and O–H groups in total. The second-order valence-corrected chi connectivity index (χ2v) is 15.1. The van der Waals surface area contributed by atoms with Crippen LogP contribution in [0.5, 0.6) is 5.75 Å². The number of piperidine rings is 1. The van der Waals surface area contributed by atoms with Crippen LogP contribution in [0.3, 0.4) is 0 Å². The summed E-state index contributed by atoms with van der Waals surface area (Å²) >= 11 is 0. The number of nitrogens with one attached hydrogen (secondary N) is 1. The number of carbonyl (C=O) groups excluding carboxylic acids is 1. The number of anilines is 2. The molecular weight excluding hydrogens is 643 g/mol. The molecule has 0 aliphatic carbocycles. The Bertz CT molecular complexity index is 2150. The minimum Gasteiger partial charge on any atom is -0.497 e. The molecule has 2 aromatic heterocycles. The molecule has 0 unspecified atom stereocenters. The van der Waals surface area contributed by atoms with Crippen molar-refractivity contribution in [3.05, 3.63) is 95.7 Å². The van der Waals surface area contributed by atoms with Crippen molar-refractivity contribution in [3.8, 4) is 28.1 Å². The Kier molecular flexibility index (Phi) is 8.37. The van der Waals surface area contributed by atoms with E-state index in [0.29, 0.717) is 29.9 Å². The third-order valence-corrected chi connectivity index (χ3v) is 11.4. The van der Waals surface area contributed by atoms with Gasteiger partial charge in [0.25, 0.3) is 0 Å². The number of ether oxygens (including phenoxy) is 1.